The van der Waals surface area contributed by atoms with E-state index in [-0.39, 0.29) is 17.6 Å². The van der Waals surface area contributed by atoms with Gasteiger partial charge in [0.1, 0.15) is 6.54 Å². The van der Waals surface area contributed by atoms with Crippen LogP contribution in [0, 0.1) is 0 Å². The summed E-state index contributed by atoms with van der Waals surface area (Å²) in [6, 6.07) is 7.36. The molecule has 0 N–H and O–H groups in total. The summed E-state index contributed by atoms with van der Waals surface area (Å²) >= 11 is 4.20. The zero-order valence-corrected chi connectivity index (χ0v) is 14.4. The minimum atomic E-state index is -0.598. The quantitative estimate of drug-likeness (QED) is 0.588. The normalized spacial score (nSPS) is 16.7. The molecule has 7 heteroatoms. The van der Waals surface area contributed by atoms with Gasteiger partial charge in [-0.2, -0.15) is 0 Å². The van der Waals surface area contributed by atoms with Crippen LogP contribution in [-0.4, -0.2) is 34.7 Å². The van der Waals surface area contributed by atoms with Crippen LogP contribution < -0.4 is 0 Å². The molecule has 0 spiro atoms. The van der Waals surface area contributed by atoms with Crippen LogP contribution in [0.5, 0.6) is 0 Å². The van der Waals surface area contributed by atoms with E-state index >= 15 is 0 Å². The molecule has 0 saturated carbocycles. The number of imide groups is 1. The highest BCUT2D eigenvalue weighted by Crippen LogP contribution is 2.33. The van der Waals surface area contributed by atoms with Gasteiger partial charge in [-0.05, 0) is 43.3 Å². The van der Waals surface area contributed by atoms with Crippen molar-refractivity contribution in [2.75, 3.05) is 6.54 Å². The maximum Gasteiger partial charge on any atom is 0.326 e. The van der Waals surface area contributed by atoms with Crippen molar-refractivity contribution in [2.45, 2.75) is 20.0 Å². The lowest BCUT2D eigenvalue weighted by Gasteiger charge is -2.13. The lowest BCUT2D eigenvalue weighted by atomic mass is 10.2. The van der Waals surface area contributed by atoms with Gasteiger partial charge in [0.25, 0.3) is 11.1 Å². The highest BCUT2D eigenvalue weighted by atomic mass is 79.9. The number of carbonyl (C=O) groups excluding carboxylic acids is 3. The Labute approximate surface area is 140 Å². The number of ether oxygens (including phenoxy) is 1. The van der Waals surface area contributed by atoms with Crippen LogP contribution in [0.2, 0.25) is 0 Å². The number of benzene rings is 1. The SMILES string of the molecule is CC(C)OC(=O)CN1C(=O)S/C(=C/c2ccccc2Br)C1=O. The van der Waals surface area contributed by atoms with E-state index in [1.807, 2.05) is 24.3 Å². The van der Waals surface area contributed by atoms with Gasteiger partial charge in [0.05, 0.1) is 11.0 Å². The van der Waals surface area contributed by atoms with E-state index in [1.165, 1.54) is 0 Å². The Kier molecular flexibility index (Phi) is 5.42. The van der Waals surface area contributed by atoms with Crippen LogP contribution in [-0.2, 0) is 14.3 Å². The number of amides is 2. The topological polar surface area (TPSA) is 63.7 Å². The lowest BCUT2D eigenvalue weighted by Crippen LogP contribution is -2.35. The number of hydrogen-bond acceptors (Lipinski definition) is 5. The Balaban J connectivity index is 2.15. The van der Waals surface area contributed by atoms with E-state index in [4.69, 9.17) is 4.74 Å². The number of thioether (sulfide) groups is 1. The van der Waals surface area contributed by atoms with Crippen LogP contribution in [0.15, 0.2) is 33.6 Å². The summed E-state index contributed by atoms with van der Waals surface area (Å²) in [5, 5.41) is -0.469. The molecule has 0 aliphatic carbocycles. The van der Waals surface area contributed by atoms with Gasteiger partial charge in [0.2, 0.25) is 0 Å². The highest BCUT2D eigenvalue weighted by molar-refractivity contribution is 9.10. The number of nitrogens with zero attached hydrogens (tertiary/aromatic N) is 1. The largest absolute Gasteiger partial charge is 0.462 e. The molecule has 2 rings (SSSR count). The second kappa shape index (κ2) is 7.11. The third kappa shape index (κ3) is 3.98. The van der Waals surface area contributed by atoms with Gasteiger partial charge in [-0.3, -0.25) is 19.3 Å². The average Bonchev–Trinajstić information content (AvgIpc) is 2.68. The second-order valence-electron chi connectivity index (χ2n) is 4.83. The first-order chi connectivity index (χ1) is 10.4. The molecule has 0 atom stereocenters. The summed E-state index contributed by atoms with van der Waals surface area (Å²) < 4.78 is 5.78. The maximum absolute atomic E-state index is 12.2. The summed E-state index contributed by atoms with van der Waals surface area (Å²) in [7, 11) is 0. The molecule has 1 saturated heterocycles. The predicted molar refractivity (Wildman–Crippen MR) is 88.0 cm³/mol. The molecular weight excluding hydrogens is 370 g/mol. The van der Waals surface area contributed by atoms with Gasteiger partial charge >= 0.3 is 5.97 Å². The van der Waals surface area contributed by atoms with Crippen molar-refractivity contribution in [2.24, 2.45) is 0 Å². The molecule has 1 heterocycles. The van der Waals surface area contributed by atoms with Gasteiger partial charge in [0.15, 0.2) is 0 Å². The molecule has 116 valence electrons. The third-order valence-electron chi connectivity index (χ3n) is 2.72. The summed E-state index contributed by atoms with van der Waals surface area (Å²) in [6.07, 6.45) is 1.34. The van der Waals surface area contributed by atoms with Crippen LogP contribution in [0.25, 0.3) is 6.08 Å². The van der Waals surface area contributed by atoms with E-state index in [0.717, 1.165) is 26.7 Å². The molecule has 22 heavy (non-hydrogen) atoms. The van der Waals surface area contributed by atoms with Crippen LogP contribution in [0.1, 0.15) is 19.4 Å². The van der Waals surface area contributed by atoms with Gasteiger partial charge < -0.3 is 4.74 Å². The molecular formula is C15H14BrNO4S. The summed E-state index contributed by atoms with van der Waals surface area (Å²) in [5.41, 5.74) is 0.790. The Bertz CT molecular complexity index is 657. The molecule has 1 aliphatic rings. The van der Waals surface area contributed by atoms with Gasteiger partial charge in [0, 0.05) is 4.47 Å². The molecule has 0 bridgehead atoms. The number of halogens is 1. The first kappa shape index (κ1) is 16.8. The highest BCUT2D eigenvalue weighted by Gasteiger charge is 2.36. The minimum absolute atomic E-state index is 0.286. The molecule has 0 radical (unpaired) electrons. The molecule has 5 nitrogen and oxygen atoms in total. The third-order valence-corrected chi connectivity index (χ3v) is 4.35. The molecule has 0 aromatic heterocycles. The van der Waals surface area contributed by atoms with Gasteiger partial charge in [-0.25, -0.2) is 0 Å². The zero-order chi connectivity index (χ0) is 16.3. The van der Waals surface area contributed by atoms with E-state index in [0.29, 0.717) is 0 Å². The van der Waals surface area contributed by atoms with Crippen molar-refractivity contribution in [3.63, 3.8) is 0 Å². The fraction of sp³-hybridized carbons (Fsp3) is 0.267. The van der Waals surface area contributed by atoms with Crippen molar-refractivity contribution in [1.82, 2.24) is 4.90 Å². The molecule has 2 amide bonds. The summed E-state index contributed by atoms with van der Waals surface area (Å²) in [5.74, 6) is -1.08. The summed E-state index contributed by atoms with van der Waals surface area (Å²) in [6.45, 7) is 3.05. The smallest absolute Gasteiger partial charge is 0.326 e. The minimum Gasteiger partial charge on any atom is -0.462 e. The van der Waals surface area contributed by atoms with Gasteiger partial charge in [-0.15, -0.1) is 0 Å². The standard InChI is InChI=1S/C15H14BrNO4S/c1-9(2)21-13(18)8-17-14(19)12(22-15(17)20)7-10-5-3-4-6-11(10)16/h3-7,9H,8H2,1-2H3/b12-7+. The van der Waals surface area contributed by atoms with E-state index in [1.54, 1.807) is 19.9 Å². The first-order valence-corrected chi connectivity index (χ1v) is 8.19. The lowest BCUT2D eigenvalue weighted by molar-refractivity contribution is -0.149. The maximum atomic E-state index is 12.2. The number of esters is 1. The number of carbonyl (C=O) groups is 3. The van der Waals surface area contributed by atoms with E-state index < -0.39 is 17.1 Å². The zero-order valence-electron chi connectivity index (χ0n) is 12.0. The van der Waals surface area contributed by atoms with E-state index in [2.05, 4.69) is 15.9 Å². The summed E-state index contributed by atoms with van der Waals surface area (Å²) in [4.78, 5) is 36.9. The molecule has 0 unspecified atom stereocenters. The van der Waals surface area contributed by atoms with E-state index in [9.17, 15) is 14.4 Å². The Morgan fingerprint density at radius 2 is 2.05 bits per heavy atom. The van der Waals surface area contributed by atoms with Crippen molar-refractivity contribution in [3.8, 4) is 0 Å². The van der Waals surface area contributed by atoms with Crippen LogP contribution in [0.3, 0.4) is 0 Å². The van der Waals surface area contributed by atoms with Crippen LogP contribution >= 0.6 is 27.7 Å². The average molecular weight is 384 g/mol. The van der Waals surface area contributed by atoms with Gasteiger partial charge in [-0.1, -0.05) is 34.1 Å². The molecule has 1 aliphatic heterocycles. The fourth-order valence-corrected chi connectivity index (χ4v) is 3.03. The van der Waals surface area contributed by atoms with Crippen molar-refractivity contribution in [3.05, 3.63) is 39.2 Å². The van der Waals surface area contributed by atoms with Crippen molar-refractivity contribution >= 4 is 50.9 Å². The fourth-order valence-electron chi connectivity index (χ4n) is 1.80. The molecule has 1 aromatic carbocycles. The van der Waals surface area contributed by atoms with Crippen molar-refractivity contribution in [1.29, 1.82) is 0 Å². The Morgan fingerprint density at radius 1 is 1.36 bits per heavy atom. The second-order valence-corrected chi connectivity index (χ2v) is 6.68. The van der Waals surface area contributed by atoms with Crippen LogP contribution in [0.4, 0.5) is 4.79 Å². The number of hydrogen-bond donors (Lipinski definition) is 0. The monoisotopic (exact) mass is 383 g/mol. The Morgan fingerprint density at radius 3 is 2.68 bits per heavy atom. The van der Waals surface area contributed by atoms with Crippen molar-refractivity contribution < 1.29 is 19.1 Å². The first-order valence-electron chi connectivity index (χ1n) is 6.58. The predicted octanol–water partition coefficient (Wildman–Crippen LogP) is 3.44. The molecule has 1 fully saturated rings. The number of rotatable bonds is 4. The Hall–Kier alpha value is -1.60. The molecule has 1 aromatic rings.